The van der Waals surface area contributed by atoms with Crippen LogP contribution in [0.5, 0.6) is 0 Å². The number of carbonyl (C=O) groups is 2. The second kappa shape index (κ2) is 9.74. The maximum atomic E-state index is 12.6. The predicted octanol–water partition coefficient (Wildman–Crippen LogP) is 3.51. The molecular weight excluding hydrogens is 430 g/mol. The molecule has 172 valence electrons. The fraction of sp³-hybridized carbons (Fsp3) is 0.231. The Morgan fingerprint density at radius 1 is 1.06 bits per heavy atom. The molecule has 1 unspecified atom stereocenters. The van der Waals surface area contributed by atoms with Crippen LogP contribution in [0.4, 0.5) is 0 Å². The van der Waals surface area contributed by atoms with E-state index in [-0.39, 0.29) is 24.2 Å². The molecule has 8 heteroatoms. The summed E-state index contributed by atoms with van der Waals surface area (Å²) < 4.78 is 7.28. The van der Waals surface area contributed by atoms with Gasteiger partial charge in [-0.15, -0.1) is 0 Å². The van der Waals surface area contributed by atoms with Gasteiger partial charge in [0.1, 0.15) is 0 Å². The number of nitrogens with one attached hydrogen (secondary N) is 2. The fourth-order valence-electron chi connectivity index (χ4n) is 4.28. The number of hydrogen-bond donors (Lipinski definition) is 2. The van der Waals surface area contributed by atoms with E-state index in [4.69, 9.17) is 4.52 Å². The van der Waals surface area contributed by atoms with Crippen LogP contribution in [0.3, 0.4) is 0 Å². The van der Waals surface area contributed by atoms with E-state index in [1.807, 2.05) is 59.4 Å². The first-order chi connectivity index (χ1) is 16.7. The molecule has 0 saturated carbocycles. The second-order valence-electron chi connectivity index (χ2n) is 8.33. The van der Waals surface area contributed by atoms with E-state index in [2.05, 4.69) is 33.0 Å². The number of carbonyl (C=O) groups excluding carboxylic acids is 2. The van der Waals surface area contributed by atoms with Crippen molar-refractivity contribution in [3.63, 3.8) is 0 Å². The Bertz CT molecular complexity index is 1280. The van der Waals surface area contributed by atoms with Crippen molar-refractivity contribution < 1.29 is 14.1 Å². The Labute approximate surface area is 197 Å². The van der Waals surface area contributed by atoms with E-state index >= 15 is 0 Å². The summed E-state index contributed by atoms with van der Waals surface area (Å²) in [5.41, 5.74) is 4.35. The van der Waals surface area contributed by atoms with E-state index in [9.17, 15) is 9.59 Å². The van der Waals surface area contributed by atoms with Gasteiger partial charge in [0.25, 0.3) is 5.91 Å². The van der Waals surface area contributed by atoms with Crippen molar-refractivity contribution in [1.82, 2.24) is 25.6 Å². The SMILES string of the molecule is O=C(CNC(=O)c1cc(-c2ccccc2)on1)NC1CCCc2c1cnn2Cc1ccccc1. The van der Waals surface area contributed by atoms with Crippen LogP contribution in [0.25, 0.3) is 11.3 Å². The molecule has 1 atom stereocenters. The molecule has 2 heterocycles. The van der Waals surface area contributed by atoms with Gasteiger partial charge in [0.15, 0.2) is 11.5 Å². The number of aromatic nitrogens is 3. The minimum Gasteiger partial charge on any atom is -0.355 e. The summed E-state index contributed by atoms with van der Waals surface area (Å²) >= 11 is 0. The summed E-state index contributed by atoms with van der Waals surface area (Å²) in [6.07, 6.45) is 4.59. The van der Waals surface area contributed by atoms with Crippen LogP contribution in [-0.4, -0.2) is 33.3 Å². The Morgan fingerprint density at radius 2 is 1.82 bits per heavy atom. The van der Waals surface area contributed by atoms with Crippen LogP contribution < -0.4 is 10.6 Å². The molecule has 2 aromatic heterocycles. The quantitative estimate of drug-likeness (QED) is 0.444. The Hall–Kier alpha value is -4.20. The van der Waals surface area contributed by atoms with E-state index < -0.39 is 5.91 Å². The van der Waals surface area contributed by atoms with Crippen LogP contribution in [0, 0.1) is 0 Å². The maximum Gasteiger partial charge on any atom is 0.273 e. The minimum absolute atomic E-state index is 0.116. The number of nitrogens with zero attached hydrogens (tertiary/aromatic N) is 3. The Morgan fingerprint density at radius 3 is 2.62 bits per heavy atom. The maximum absolute atomic E-state index is 12.6. The number of amides is 2. The van der Waals surface area contributed by atoms with Crippen LogP contribution in [0.15, 0.2) is 77.4 Å². The van der Waals surface area contributed by atoms with Crippen molar-refractivity contribution in [3.05, 3.63) is 95.4 Å². The first-order valence-electron chi connectivity index (χ1n) is 11.4. The molecule has 8 nitrogen and oxygen atoms in total. The van der Waals surface area contributed by atoms with E-state index in [0.717, 1.165) is 36.1 Å². The second-order valence-corrected chi connectivity index (χ2v) is 8.33. The molecule has 1 aliphatic rings. The van der Waals surface area contributed by atoms with E-state index in [1.165, 1.54) is 5.56 Å². The standard InChI is InChI=1S/C26H25N5O3/c32-25(16-27-26(33)22-14-24(34-30-22)19-10-5-2-6-11-19)29-21-12-7-13-23-20(21)15-28-31(23)17-18-8-3-1-4-9-18/h1-6,8-11,14-15,21H,7,12-13,16-17H2,(H,27,33)(H,29,32). The Balaban J connectivity index is 1.18. The highest BCUT2D eigenvalue weighted by molar-refractivity contribution is 5.95. The fourth-order valence-corrected chi connectivity index (χ4v) is 4.28. The van der Waals surface area contributed by atoms with Crippen LogP contribution in [0.2, 0.25) is 0 Å². The number of benzene rings is 2. The van der Waals surface area contributed by atoms with Crippen LogP contribution >= 0.6 is 0 Å². The van der Waals surface area contributed by atoms with Gasteiger partial charge < -0.3 is 15.2 Å². The lowest BCUT2D eigenvalue weighted by Gasteiger charge is -2.24. The summed E-state index contributed by atoms with van der Waals surface area (Å²) in [5.74, 6) is -0.215. The van der Waals surface area contributed by atoms with E-state index in [0.29, 0.717) is 12.3 Å². The molecule has 0 saturated heterocycles. The number of fused-ring (bicyclic) bond motifs is 1. The molecule has 4 aromatic rings. The molecule has 5 rings (SSSR count). The summed E-state index contributed by atoms with van der Waals surface area (Å²) in [6.45, 7) is 0.561. The monoisotopic (exact) mass is 455 g/mol. The summed E-state index contributed by atoms with van der Waals surface area (Å²) in [7, 11) is 0. The summed E-state index contributed by atoms with van der Waals surface area (Å²) in [6, 6.07) is 21.0. The van der Waals surface area contributed by atoms with Gasteiger partial charge in [0.2, 0.25) is 5.91 Å². The third kappa shape index (κ3) is 4.76. The highest BCUT2D eigenvalue weighted by atomic mass is 16.5. The highest BCUT2D eigenvalue weighted by Crippen LogP contribution is 2.30. The molecule has 2 aromatic carbocycles. The first kappa shape index (κ1) is 21.6. The van der Waals surface area contributed by atoms with Crippen molar-refractivity contribution in [2.45, 2.75) is 31.8 Å². The molecule has 1 aliphatic carbocycles. The van der Waals surface area contributed by atoms with Gasteiger partial charge in [-0.1, -0.05) is 65.8 Å². The smallest absolute Gasteiger partial charge is 0.273 e. The molecule has 0 bridgehead atoms. The van der Waals surface area contributed by atoms with Crippen LogP contribution in [-0.2, 0) is 17.8 Å². The summed E-state index contributed by atoms with van der Waals surface area (Å²) in [4.78, 5) is 25.0. The number of rotatable bonds is 7. The third-order valence-electron chi connectivity index (χ3n) is 5.98. The molecule has 0 spiro atoms. The highest BCUT2D eigenvalue weighted by Gasteiger charge is 2.26. The summed E-state index contributed by atoms with van der Waals surface area (Å²) in [5, 5.41) is 14.1. The molecule has 0 aliphatic heterocycles. The zero-order valence-electron chi connectivity index (χ0n) is 18.6. The van der Waals surface area contributed by atoms with Gasteiger partial charge in [-0.2, -0.15) is 5.10 Å². The average molecular weight is 456 g/mol. The van der Waals surface area contributed by atoms with Crippen molar-refractivity contribution in [1.29, 1.82) is 0 Å². The molecular formula is C26H25N5O3. The van der Waals surface area contributed by atoms with Crippen LogP contribution in [0.1, 0.15) is 46.2 Å². The van der Waals surface area contributed by atoms with Gasteiger partial charge in [-0.3, -0.25) is 14.3 Å². The molecule has 0 fully saturated rings. The lowest BCUT2D eigenvalue weighted by atomic mass is 9.93. The zero-order valence-corrected chi connectivity index (χ0v) is 18.6. The van der Waals surface area contributed by atoms with Crippen molar-refractivity contribution in [2.24, 2.45) is 0 Å². The minimum atomic E-state index is -0.457. The van der Waals surface area contributed by atoms with E-state index in [1.54, 1.807) is 6.07 Å². The third-order valence-corrected chi connectivity index (χ3v) is 5.98. The van der Waals surface area contributed by atoms with Crippen molar-refractivity contribution in [2.75, 3.05) is 6.54 Å². The molecule has 2 N–H and O–H groups in total. The molecule has 34 heavy (non-hydrogen) atoms. The largest absolute Gasteiger partial charge is 0.355 e. The molecule has 2 amide bonds. The predicted molar refractivity (Wildman–Crippen MR) is 126 cm³/mol. The lowest BCUT2D eigenvalue weighted by Crippen LogP contribution is -2.39. The van der Waals surface area contributed by atoms with Gasteiger partial charge >= 0.3 is 0 Å². The van der Waals surface area contributed by atoms with Gasteiger partial charge in [0, 0.05) is 22.9 Å². The molecule has 0 radical (unpaired) electrons. The average Bonchev–Trinajstić information content (AvgIpc) is 3.53. The van der Waals surface area contributed by atoms with Gasteiger partial charge in [0.05, 0.1) is 25.3 Å². The van der Waals surface area contributed by atoms with Crippen molar-refractivity contribution >= 4 is 11.8 Å². The van der Waals surface area contributed by atoms with Gasteiger partial charge in [-0.05, 0) is 24.8 Å². The topological polar surface area (TPSA) is 102 Å². The normalized spacial score (nSPS) is 14.9. The first-order valence-corrected chi connectivity index (χ1v) is 11.4. The Kier molecular flexibility index (Phi) is 6.20. The van der Waals surface area contributed by atoms with Gasteiger partial charge in [-0.25, -0.2) is 0 Å². The van der Waals surface area contributed by atoms with Crippen molar-refractivity contribution in [3.8, 4) is 11.3 Å². The zero-order chi connectivity index (χ0) is 23.3. The number of hydrogen-bond acceptors (Lipinski definition) is 5. The lowest BCUT2D eigenvalue weighted by molar-refractivity contribution is -0.121.